The third-order valence-electron chi connectivity index (χ3n) is 0.728. The Morgan fingerprint density at radius 1 is 1.75 bits per heavy atom. The van der Waals surface area contributed by atoms with Crippen LogP contribution >= 0.6 is 0 Å². The first-order valence-electron chi connectivity index (χ1n) is 2.36. The third-order valence-corrected chi connectivity index (χ3v) is 0.728. The highest BCUT2D eigenvalue weighted by atomic mass is 16.1. The SMILES string of the molecule is C/C=C/[C@@H](N)C(N)=O. The molecule has 0 saturated heterocycles. The van der Waals surface area contributed by atoms with Crippen molar-refractivity contribution in [1.29, 1.82) is 0 Å². The van der Waals surface area contributed by atoms with Crippen LogP contribution in [-0.2, 0) is 4.79 Å². The number of primary amides is 1. The summed E-state index contributed by atoms with van der Waals surface area (Å²) in [6, 6.07) is -0.625. The van der Waals surface area contributed by atoms with Crippen molar-refractivity contribution in [2.45, 2.75) is 13.0 Å². The second-order valence-electron chi connectivity index (χ2n) is 1.45. The van der Waals surface area contributed by atoms with Crippen LogP contribution in [0.2, 0.25) is 0 Å². The molecule has 0 radical (unpaired) electrons. The molecule has 8 heavy (non-hydrogen) atoms. The van der Waals surface area contributed by atoms with Crippen LogP contribution in [0, 0.1) is 0 Å². The van der Waals surface area contributed by atoms with E-state index in [0.29, 0.717) is 0 Å². The molecule has 0 unspecified atom stereocenters. The van der Waals surface area contributed by atoms with Crippen LogP contribution in [0.4, 0.5) is 0 Å². The van der Waals surface area contributed by atoms with E-state index < -0.39 is 11.9 Å². The van der Waals surface area contributed by atoms with Crippen LogP contribution in [0.3, 0.4) is 0 Å². The Bertz CT molecular complexity index is 109. The molecule has 46 valence electrons. The number of hydrogen-bond acceptors (Lipinski definition) is 2. The molecule has 0 saturated carbocycles. The van der Waals surface area contributed by atoms with Crippen molar-refractivity contribution in [1.82, 2.24) is 0 Å². The molecule has 0 aliphatic rings. The maximum Gasteiger partial charge on any atom is 0.238 e. The first-order valence-corrected chi connectivity index (χ1v) is 2.36. The molecular weight excluding hydrogens is 104 g/mol. The molecule has 0 bridgehead atoms. The van der Waals surface area contributed by atoms with Crippen molar-refractivity contribution in [3.8, 4) is 0 Å². The fourth-order valence-corrected chi connectivity index (χ4v) is 0.302. The van der Waals surface area contributed by atoms with Crippen LogP contribution in [-0.4, -0.2) is 11.9 Å². The lowest BCUT2D eigenvalue weighted by Gasteiger charge is -1.95. The number of nitrogens with two attached hydrogens (primary N) is 2. The Labute approximate surface area is 48.4 Å². The van der Waals surface area contributed by atoms with Crippen LogP contribution in [0.5, 0.6) is 0 Å². The van der Waals surface area contributed by atoms with E-state index in [4.69, 9.17) is 11.5 Å². The zero-order chi connectivity index (χ0) is 6.57. The van der Waals surface area contributed by atoms with E-state index in [1.54, 1.807) is 19.1 Å². The first-order chi connectivity index (χ1) is 3.68. The predicted molar refractivity (Wildman–Crippen MR) is 32.0 cm³/mol. The summed E-state index contributed by atoms with van der Waals surface area (Å²) in [6.07, 6.45) is 3.23. The Morgan fingerprint density at radius 2 is 2.25 bits per heavy atom. The molecule has 1 atom stereocenters. The van der Waals surface area contributed by atoms with E-state index in [9.17, 15) is 4.79 Å². The van der Waals surface area contributed by atoms with Crippen molar-refractivity contribution in [2.24, 2.45) is 11.5 Å². The van der Waals surface area contributed by atoms with Gasteiger partial charge in [-0.05, 0) is 6.92 Å². The summed E-state index contributed by atoms with van der Waals surface area (Å²) in [5.41, 5.74) is 9.97. The van der Waals surface area contributed by atoms with Crippen molar-refractivity contribution < 1.29 is 4.79 Å². The Balaban J connectivity index is 3.64. The molecule has 3 heteroatoms. The molecule has 0 heterocycles. The average molecular weight is 114 g/mol. The summed E-state index contributed by atoms with van der Waals surface area (Å²) >= 11 is 0. The molecular formula is C5H10N2O. The summed E-state index contributed by atoms with van der Waals surface area (Å²) < 4.78 is 0. The minimum atomic E-state index is -0.625. The predicted octanol–water partition coefficient (Wildman–Crippen LogP) is -0.625. The van der Waals surface area contributed by atoms with Gasteiger partial charge in [0.05, 0.1) is 0 Å². The summed E-state index contributed by atoms with van der Waals surface area (Å²) in [7, 11) is 0. The van der Waals surface area contributed by atoms with E-state index in [1.165, 1.54) is 0 Å². The van der Waals surface area contributed by atoms with E-state index in [-0.39, 0.29) is 0 Å². The second kappa shape index (κ2) is 3.21. The van der Waals surface area contributed by atoms with Gasteiger partial charge in [-0.1, -0.05) is 12.2 Å². The van der Waals surface area contributed by atoms with Gasteiger partial charge in [0.15, 0.2) is 0 Å². The van der Waals surface area contributed by atoms with Gasteiger partial charge >= 0.3 is 0 Å². The van der Waals surface area contributed by atoms with Crippen molar-refractivity contribution in [2.75, 3.05) is 0 Å². The van der Waals surface area contributed by atoms with Crippen LogP contribution < -0.4 is 11.5 Å². The van der Waals surface area contributed by atoms with Crippen LogP contribution in [0.15, 0.2) is 12.2 Å². The number of allylic oxidation sites excluding steroid dienone is 1. The molecule has 0 aromatic heterocycles. The zero-order valence-corrected chi connectivity index (χ0v) is 4.79. The minimum absolute atomic E-state index is 0.497. The highest BCUT2D eigenvalue weighted by molar-refractivity contribution is 5.81. The number of carbonyl (C=O) groups is 1. The lowest BCUT2D eigenvalue weighted by atomic mass is 10.3. The molecule has 0 aliphatic carbocycles. The maximum atomic E-state index is 10.1. The number of hydrogen-bond donors (Lipinski definition) is 2. The van der Waals surface area contributed by atoms with Gasteiger partial charge in [-0.25, -0.2) is 0 Å². The van der Waals surface area contributed by atoms with Crippen molar-refractivity contribution in [3.05, 3.63) is 12.2 Å². The van der Waals surface area contributed by atoms with Crippen LogP contribution in [0.25, 0.3) is 0 Å². The zero-order valence-electron chi connectivity index (χ0n) is 4.79. The van der Waals surface area contributed by atoms with Gasteiger partial charge in [0, 0.05) is 0 Å². The molecule has 0 spiro atoms. The molecule has 0 aromatic rings. The molecule has 3 nitrogen and oxygen atoms in total. The smallest absolute Gasteiger partial charge is 0.238 e. The topological polar surface area (TPSA) is 69.1 Å². The Morgan fingerprint density at radius 3 is 2.38 bits per heavy atom. The quantitative estimate of drug-likeness (QED) is 0.469. The molecule has 0 aromatic carbocycles. The summed E-state index contributed by atoms with van der Waals surface area (Å²) in [5.74, 6) is -0.497. The van der Waals surface area contributed by atoms with E-state index in [1.807, 2.05) is 0 Å². The average Bonchev–Trinajstić information content (AvgIpc) is 1.67. The Hall–Kier alpha value is -0.830. The highest BCUT2D eigenvalue weighted by Crippen LogP contribution is 1.77. The first kappa shape index (κ1) is 7.17. The molecule has 0 aliphatic heterocycles. The van der Waals surface area contributed by atoms with E-state index in [2.05, 4.69) is 0 Å². The molecule has 0 fully saturated rings. The third kappa shape index (κ3) is 2.36. The van der Waals surface area contributed by atoms with Gasteiger partial charge in [0.2, 0.25) is 5.91 Å². The fraction of sp³-hybridized carbons (Fsp3) is 0.400. The van der Waals surface area contributed by atoms with Gasteiger partial charge in [-0.15, -0.1) is 0 Å². The van der Waals surface area contributed by atoms with Gasteiger partial charge in [-0.2, -0.15) is 0 Å². The summed E-state index contributed by atoms with van der Waals surface area (Å²) in [6.45, 7) is 1.78. The molecule has 1 amide bonds. The van der Waals surface area contributed by atoms with Gasteiger partial charge in [0.25, 0.3) is 0 Å². The second-order valence-corrected chi connectivity index (χ2v) is 1.45. The van der Waals surface area contributed by atoms with Gasteiger partial charge in [-0.3, -0.25) is 4.79 Å². The van der Waals surface area contributed by atoms with Gasteiger partial charge < -0.3 is 11.5 Å². The van der Waals surface area contributed by atoms with E-state index >= 15 is 0 Å². The monoisotopic (exact) mass is 114 g/mol. The summed E-state index contributed by atoms with van der Waals surface area (Å²) in [4.78, 5) is 10.1. The maximum absolute atomic E-state index is 10.1. The fourth-order valence-electron chi connectivity index (χ4n) is 0.302. The largest absolute Gasteiger partial charge is 0.368 e. The highest BCUT2D eigenvalue weighted by Gasteiger charge is 2.00. The Kier molecular flexibility index (Phi) is 2.88. The minimum Gasteiger partial charge on any atom is -0.368 e. The lowest BCUT2D eigenvalue weighted by Crippen LogP contribution is -2.34. The van der Waals surface area contributed by atoms with Crippen molar-refractivity contribution >= 4 is 5.91 Å². The molecule has 0 rings (SSSR count). The van der Waals surface area contributed by atoms with Gasteiger partial charge in [0.1, 0.15) is 6.04 Å². The molecule has 4 N–H and O–H groups in total. The number of rotatable bonds is 2. The summed E-state index contributed by atoms with van der Waals surface area (Å²) in [5, 5.41) is 0. The van der Waals surface area contributed by atoms with Crippen molar-refractivity contribution in [3.63, 3.8) is 0 Å². The van der Waals surface area contributed by atoms with Crippen LogP contribution in [0.1, 0.15) is 6.92 Å². The number of amides is 1. The standard InChI is InChI=1S/C5H10N2O/c1-2-3-4(6)5(7)8/h2-4H,6H2,1H3,(H2,7,8)/b3-2+/t4-/m1/s1. The number of carbonyl (C=O) groups excluding carboxylic acids is 1. The van der Waals surface area contributed by atoms with E-state index in [0.717, 1.165) is 0 Å². The normalized spacial score (nSPS) is 14.2. The lowest BCUT2D eigenvalue weighted by molar-refractivity contribution is -0.118.